The molecule has 0 amide bonds. The second-order valence-electron chi connectivity index (χ2n) is 6.66. The zero-order valence-corrected chi connectivity index (χ0v) is 11.9. The number of hydrogen-bond acceptors (Lipinski definition) is 2. The van der Waals surface area contributed by atoms with E-state index in [1.165, 1.54) is 0 Å². The Hall–Kier alpha value is -0.370. The molecule has 0 saturated carbocycles. The van der Waals surface area contributed by atoms with Crippen molar-refractivity contribution in [3.8, 4) is 0 Å². The predicted octanol–water partition coefficient (Wildman–Crippen LogP) is 3.98. The van der Waals surface area contributed by atoms with Gasteiger partial charge in [0, 0.05) is 19.4 Å². The van der Waals surface area contributed by atoms with Crippen LogP contribution < -0.4 is 0 Å². The standard InChI is InChI=1S/C14H28O2/c1-13(2,3)10-9-12(15)8-7-11-16-14(4,5)6/h7-11H2,1-6H3. The van der Waals surface area contributed by atoms with Crippen LogP contribution in [0.5, 0.6) is 0 Å². The monoisotopic (exact) mass is 228 g/mol. The van der Waals surface area contributed by atoms with Crippen molar-refractivity contribution < 1.29 is 9.53 Å². The maximum Gasteiger partial charge on any atom is 0.133 e. The molecular weight excluding hydrogens is 200 g/mol. The van der Waals surface area contributed by atoms with E-state index in [2.05, 4.69) is 20.8 Å². The van der Waals surface area contributed by atoms with Crippen LogP contribution in [0, 0.1) is 5.41 Å². The number of carbonyl (C=O) groups excluding carboxylic acids is 1. The van der Waals surface area contributed by atoms with Gasteiger partial charge in [-0.05, 0) is 39.0 Å². The lowest BCUT2D eigenvalue weighted by atomic mass is 9.89. The minimum Gasteiger partial charge on any atom is -0.376 e. The fraction of sp³-hybridized carbons (Fsp3) is 0.929. The lowest BCUT2D eigenvalue weighted by molar-refractivity contribution is -0.120. The predicted molar refractivity (Wildman–Crippen MR) is 68.6 cm³/mol. The highest BCUT2D eigenvalue weighted by atomic mass is 16.5. The molecule has 0 aromatic carbocycles. The number of ketones is 1. The van der Waals surface area contributed by atoms with Gasteiger partial charge in [0.25, 0.3) is 0 Å². The van der Waals surface area contributed by atoms with E-state index in [1.54, 1.807) is 0 Å². The molecule has 2 nitrogen and oxygen atoms in total. The summed E-state index contributed by atoms with van der Waals surface area (Å²) in [6.07, 6.45) is 3.19. The van der Waals surface area contributed by atoms with Gasteiger partial charge < -0.3 is 4.74 Å². The van der Waals surface area contributed by atoms with Gasteiger partial charge in [0.2, 0.25) is 0 Å². The molecule has 0 saturated heterocycles. The Balaban J connectivity index is 3.52. The summed E-state index contributed by atoms with van der Waals surface area (Å²) in [5.41, 5.74) is 0.173. The molecule has 0 aliphatic rings. The first kappa shape index (κ1) is 15.6. The molecule has 0 N–H and O–H groups in total. The Kier molecular flexibility index (Phi) is 6.24. The second-order valence-corrected chi connectivity index (χ2v) is 6.66. The van der Waals surface area contributed by atoms with E-state index in [0.29, 0.717) is 25.2 Å². The zero-order valence-electron chi connectivity index (χ0n) is 11.9. The largest absolute Gasteiger partial charge is 0.376 e. The van der Waals surface area contributed by atoms with E-state index in [9.17, 15) is 4.79 Å². The van der Waals surface area contributed by atoms with E-state index < -0.39 is 0 Å². The van der Waals surface area contributed by atoms with Crippen LogP contribution in [0.2, 0.25) is 0 Å². The fourth-order valence-corrected chi connectivity index (χ4v) is 1.29. The Bertz CT molecular complexity index is 206. The van der Waals surface area contributed by atoms with Gasteiger partial charge >= 0.3 is 0 Å². The van der Waals surface area contributed by atoms with Crippen molar-refractivity contribution in [2.45, 2.75) is 72.8 Å². The third kappa shape index (κ3) is 11.7. The highest BCUT2D eigenvalue weighted by Crippen LogP contribution is 2.21. The van der Waals surface area contributed by atoms with Crippen LogP contribution in [-0.4, -0.2) is 18.0 Å². The van der Waals surface area contributed by atoms with E-state index in [-0.39, 0.29) is 11.0 Å². The second kappa shape index (κ2) is 6.39. The first-order valence-electron chi connectivity index (χ1n) is 6.26. The zero-order chi connectivity index (χ0) is 12.8. The molecule has 96 valence electrons. The van der Waals surface area contributed by atoms with Crippen LogP contribution >= 0.6 is 0 Å². The fourth-order valence-electron chi connectivity index (χ4n) is 1.29. The third-order valence-electron chi connectivity index (χ3n) is 2.29. The summed E-state index contributed by atoms with van der Waals surface area (Å²) < 4.78 is 5.57. The van der Waals surface area contributed by atoms with Gasteiger partial charge in [0.05, 0.1) is 5.60 Å². The quantitative estimate of drug-likeness (QED) is 0.643. The van der Waals surface area contributed by atoms with Crippen molar-refractivity contribution in [1.82, 2.24) is 0 Å². The molecule has 16 heavy (non-hydrogen) atoms. The summed E-state index contributed by atoms with van der Waals surface area (Å²) >= 11 is 0. The molecular formula is C14H28O2. The summed E-state index contributed by atoms with van der Waals surface area (Å²) in [5.74, 6) is 0.368. The molecule has 0 aromatic rings. The van der Waals surface area contributed by atoms with Gasteiger partial charge in [-0.1, -0.05) is 20.8 Å². The molecule has 0 fully saturated rings. The molecule has 0 atom stereocenters. The minimum atomic E-state index is -0.0888. The molecule has 0 aliphatic heterocycles. The molecule has 2 heteroatoms. The van der Waals surface area contributed by atoms with Gasteiger partial charge in [-0.25, -0.2) is 0 Å². The number of ether oxygens (including phenoxy) is 1. The summed E-state index contributed by atoms with van der Waals surface area (Å²) in [5, 5.41) is 0. The maximum atomic E-state index is 11.6. The number of carbonyl (C=O) groups is 1. The summed E-state index contributed by atoms with van der Waals surface area (Å²) in [4.78, 5) is 11.6. The lowest BCUT2D eigenvalue weighted by Gasteiger charge is -2.19. The number of Topliss-reactive ketones (excluding diaryl/α,β-unsaturated/α-hetero) is 1. The van der Waals surface area contributed by atoms with Crippen molar-refractivity contribution in [1.29, 1.82) is 0 Å². The Morgan fingerprint density at radius 1 is 1.00 bits per heavy atom. The van der Waals surface area contributed by atoms with Crippen LogP contribution in [-0.2, 0) is 9.53 Å². The Morgan fingerprint density at radius 3 is 2.00 bits per heavy atom. The van der Waals surface area contributed by atoms with E-state index in [4.69, 9.17) is 4.74 Å². The highest BCUT2D eigenvalue weighted by Gasteiger charge is 2.13. The molecule has 0 aliphatic carbocycles. The number of rotatable bonds is 6. The normalized spacial score (nSPS) is 12.9. The SMILES string of the molecule is CC(C)(C)CCC(=O)CCCOC(C)(C)C. The van der Waals surface area contributed by atoms with Crippen LogP contribution in [0.1, 0.15) is 67.2 Å². The van der Waals surface area contributed by atoms with Crippen molar-refractivity contribution in [3.05, 3.63) is 0 Å². The van der Waals surface area contributed by atoms with Gasteiger partial charge in [-0.2, -0.15) is 0 Å². The minimum absolute atomic E-state index is 0.0888. The molecule has 0 radical (unpaired) electrons. The smallest absolute Gasteiger partial charge is 0.133 e. The van der Waals surface area contributed by atoms with Gasteiger partial charge in [0.1, 0.15) is 5.78 Å². The molecule has 0 bridgehead atoms. The van der Waals surface area contributed by atoms with Crippen LogP contribution in [0.3, 0.4) is 0 Å². The van der Waals surface area contributed by atoms with E-state index >= 15 is 0 Å². The number of hydrogen-bond donors (Lipinski definition) is 0. The topological polar surface area (TPSA) is 26.3 Å². The van der Waals surface area contributed by atoms with Gasteiger partial charge in [0.15, 0.2) is 0 Å². The Labute approximate surface area is 101 Å². The first-order valence-corrected chi connectivity index (χ1v) is 6.26. The van der Waals surface area contributed by atoms with Crippen molar-refractivity contribution >= 4 is 5.78 Å². The summed E-state index contributed by atoms with van der Waals surface area (Å²) in [7, 11) is 0. The Morgan fingerprint density at radius 2 is 1.56 bits per heavy atom. The van der Waals surface area contributed by atoms with Crippen LogP contribution in [0.15, 0.2) is 0 Å². The summed E-state index contributed by atoms with van der Waals surface area (Å²) in [6.45, 7) is 13.3. The lowest BCUT2D eigenvalue weighted by Crippen LogP contribution is -2.20. The van der Waals surface area contributed by atoms with Crippen molar-refractivity contribution in [2.24, 2.45) is 5.41 Å². The van der Waals surface area contributed by atoms with Crippen molar-refractivity contribution in [3.63, 3.8) is 0 Å². The average Bonchev–Trinajstić information content (AvgIpc) is 2.06. The molecule has 0 aromatic heterocycles. The molecule has 0 heterocycles. The van der Waals surface area contributed by atoms with Crippen LogP contribution in [0.25, 0.3) is 0 Å². The van der Waals surface area contributed by atoms with Crippen molar-refractivity contribution in [2.75, 3.05) is 6.61 Å². The third-order valence-corrected chi connectivity index (χ3v) is 2.29. The molecule has 0 spiro atoms. The maximum absolute atomic E-state index is 11.6. The van der Waals surface area contributed by atoms with E-state index in [1.807, 2.05) is 20.8 Å². The highest BCUT2D eigenvalue weighted by molar-refractivity contribution is 5.78. The summed E-state index contributed by atoms with van der Waals surface area (Å²) in [6, 6.07) is 0. The van der Waals surface area contributed by atoms with Gasteiger partial charge in [-0.3, -0.25) is 4.79 Å². The molecule has 0 unspecified atom stereocenters. The average molecular weight is 228 g/mol. The van der Waals surface area contributed by atoms with Crippen LogP contribution in [0.4, 0.5) is 0 Å². The van der Waals surface area contributed by atoms with E-state index in [0.717, 1.165) is 12.8 Å². The molecule has 0 rings (SSSR count). The first-order chi connectivity index (χ1) is 7.10. The van der Waals surface area contributed by atoms with Gasteiger partial charge in [-0.15, -0.1) is 0 Å².